The average Bonchev–Trinajstić information content (AvgIpc) is 3.09. The standard InChI is InChI=1S/C27H21BrCl2N2O4S/c1-15-4-3-5-16(2)25(15)31-24(33)13-32-26(34)23(37-27(32)35)11-17-6-9-22(20(28)10-17)36-14-18-7-8-19(29)12-21(18)30/h3-12H,13-14H2,1-2H3,(H,31,33)/b23-11+. The first-order chi connectivity index (χ1) is 17.6. The minimum Gasteiger partial charge on any atom is -0.488 e. The van der Waals surface area contributed by atoms with Crippen molar-refractivity contribution in [2.24, 2.45) is 0 Å². The van der Waals surface area contributed by atoms with E-state index in [1.165, 1.54) is 0 Å². The summed E-state index contributed by atoms with van der Waals surface area (Å²) in [6.45, 7) is 3.65. The summed E-state index contributed by atoms with van der Waals surface area (Å²) in [7, 11) is 0. The molecule has 1 aliphatic rings. The lowest BCUT2D eigenvalue weighted by atomic mass is 10.1. The second kappa shape index (κ2) is 11.7. The van der Waals surface area contributed by atoms with Gasteiger partial charge in [-0.05, 0) is 88.6 Å². The molecule has 1 aliphatic heterocycles. The Labute approximate surface area is 237 Å². The van der Waals surface area contributed by atoms with Gasteiger partial charge in [0.15, 0.2) is 0 Å². The minimum absolute atomic E-state index is 0.235. The largest absolute Gasteiger partial charge is 0.488 e. The normalized spacial score (nSPS) is 14.4. The van der Waals surface area contributed by atoms with E-state index in [4.69, 9.17) is 27.9 Å². The number of halogens is 3. The van der Waals surface area contributed by atoms with Crippen LogP contribution in [0.1, 0.15) is 22.3 Å². The van der Waals surface area contributed by atoms with Crippen molar-refractivity contribution in [1.82, 2.24) is 4.90 Å². The first kappa shape index (κ1) is 27.3. The van der Waals surface area contributed by atoms with E-state index in [1.54, 1.807) is 42.5 Å². The number of aryl methyl sites for hydroxylation is 2. The number of nitrogens with one attached hydrogen (secondary N) is 1. The molecular formula is C27H21BrCl2N2O4S. The molecule has 0 unspecified atom stereocenters. The van der Waals surface area contributed by atoms with Crippen LogP contribution in [-0.4, -0.2) is 28.5 Å². The van der Waals surface area contributed by atoms with Gasteiger partial charge in [-0.2, -0.15) is 0 Å². The number of benzene rings is 3. The Kier molecular flexibility index (Phi) is 8.64. The molecule has 4 rings (SSSR count). The second-order valence-corrected chi connectivity index (χ2v) is 11.0. The average molecular weight is 620 g/mol. The van der Waals surface area contributed by atoms with Gasteiger partial charge in [-0.25, -0.2) is 0 Å². The van der Waals surface area contributed by atoms with Crippen LogP contribution >= 0.6 is 50.9 Å². The van der Waals surface area contributed by atoms with Gasteiger partial charge in [-0.1, -0.05) is 53.5 Å². The number of carbonyl (C=O) groups is 3. The first-order valence-corrected chi connectivity index (χ1v) is 13.5. The Balaban J connectivity index is 1.41. The third kappa shape index (κ3) is 6.57. The van der Waals surface area contributed by atoms with Crippen molar-refractivity contribution in [1.29, 1.82) is 0 Å². The van der Waals surface area contributed by atoms with E-state index in [0.29, 0.717) is 31.5 Å². The second-order valence-electron chi connectivity index (χ2n) is 8.30. The number of nitrogens with zero attached hydrogens (tertiary/aromatic N) is 1. The molecule has 1 fully saturated rings. The van der Waals surface area contributed by atoms with Crippen molar-refractivity contribution < 1.29 is 19.1 Å². The quantitative estimate of drug-likeness (QED) is 0.275. The summed E-state index contributed by atoms with van der Waals surface area (Å²) in [5.41, 5.74) is 3.96. The van der Waals surface area contributed by atoms with Gasteiger partial charge >= 0.3 is 0 Å². The molecule has 190 valence electrons. The van der Waals surface area contributed by atoms with Crippen LogP contribution in [0.25, 0.3) is 6.08 Å². The van der Waals surface area contributed by atoms with Crippen LogP contribution in [0.15, 0.2) is 64.0 Å². The van der Waals surface area contributed by atoms with Crippen LogP contribution in [0.5, 0.6) is 5.75 Å². The Bertz CT molecular complexity index is 1420. The Morgan fingerprint density at radius 2 is 1.81 bits per heavy atom. The monoisotopic (exact) mass is 618 g/mol. The maximum absolute atomic E-state index is 12.9. The minimum atomic E-state index is -0.513. The predicted molar refractivity (Wildman–Crippen MR) is 152 cm³/mol. The molecule has 0 aromatic heterocycles. The van der Waals surface area contributed by atoms with Gasteiger partial charge in [0.05, 0.1) is 9.38 Å². The van der Waals surface area contributed by atoms with Gasteiger partial charge in [-0.3, -0.25) is 19.3 Å². The van der Waals surface area contributed by atoms with Crippen molar-refractivity contribution in [3.05, 3.63) is 96.3 Å². The van der Waals surface area contributed by atoms with Crippen molar-refractivity contribution in [2.75, 3.05) is 11.9 Å². The molecule has 3 aromatic rings. The van der Waals surface area contributed by atoms with Crippen LogP contribution in [0.4, 0.5) is 10.5 Å². The maximum Gasteiger partial charge on any atom is 0.294 e. The van der Waals surface area contributed by atoms with Gasteiger partial charge in [0, 0.05) is 21.3 Å². The lowest BCUT2D eigenvalue weighted by molar-refractivity contribution is -0.127. The number of thioether (sulfide) groups is 1. The first-order valence-electron chi connectivity index (χ1n) is 11.1. The van der Waals surface area contributed by atoms with E-state index in [9.17, 15) is 14.4 Å². The highest BCUT2D eigenvalue weighted by Crippen LogP contribution is 2.34. The molecule has 37 heavy (non-hydrogen) atoms. The van der Waals surface area contributed by atoms with E-state index >= 15 is 0 Å². The van der Waals surface area contributed by atoms with Crippen LogP contribution < -0.4 is 10.1 Å². The SMILES string of the molecule is Cc1cccc(C)c1NC(=O)CN1C(=O)S/C(=C/c2ccc(OCc3ccc(Cl)cc3Cl)c(Br)c2)C1=O. The molecule has 0 bridgehead atoms. The smallest absolute Gasteiger partial charge is 0.294 e. The van der Waals surface area contributed by atoms with Crippen molar-refractivity contribution in [2.45, 2.75) is 20.5 Å². The number of ether oxygens (including phenoxy) is 1. The molecule has 3 aromatic carbocycles. The number of anilines is 1. The van der Waals surface area contributed by atoms with Gasteiger partial charge in [0.25, 0.3) is 11.1 Å². The summed E-state index contributed by atoms with van der Waals surface area (Å²) in [4.78, 5) is 39.2. The van der Waals surface area contributed by atoms with Gasteiger partial charge in [0.1, 0.15) is 18.9 Å². The number of amides is 3. The topological polar surface area (TPSA) is 75.7 Å². The van der Waals surface area contributed by atoms with E-state index in [0.717, 1.165) is 33.4 Å². The Morgan fingerprint density at radius 1 is 1.08 bits per heavy atom. The summed E-state index contributed by atoms with van der Waals surface area (Å²) < 4.78 is 6.52. The molecule has 6 nitrogen and oxygen atoms in total. The van der Waals surface area contributed by atoms with Gasteiger partial charge < -0.3 is 10.1 Å². The number of carbonyl (C=O) groups excluding carboxylic acids is 3. The molecule has 0 saturated carbocycles. The highest BCUT2D eigenvalue weighted by atomic mass is 79.9. The fourth-order valence-electron chi connectivity index (χ4n) is 3.64. The van der Waals surface area contributed by atoms with Crippen molar-refractivity contribution >= 4 is 79.7 Å². The zero-order chi connectivity index (χ0) is 26.7. The summed E-state index contributed by atoms with van der Waals surface area (Å²) in [6.07, 6.45) is 1.61. The van der Waals surface area contributed by atoms with E-state index in [2.05, 4.69) is 21.2 Å². The predicted octanol–water partition coefficient (Wildman–Crippen LogP) is 7.63. The third-order valence-electron chi connectivity index (χ3n) is 5.57. The molecule has 0 atom stereocenters. The number of hydrogen-bond donors (Lipinski definition) is 1. The molecule has 3 amide bonds. The van der Waals surface area contributed by atoms with Crippen molar-refractivity contribution in [3.63, 3.8) is 0 Å². The molecule has 0 radical (unpaired) electrons. The molecule has 1 heterocycles. The zero-order valence-electron chi connectivity index (χ0n) is 19.8. The Morgan fingerprint density at radius 3 is 2.49 bits per heavy atom. The zero-order valence-corrected chi connectivity index (χ0v) is 23.7. The molecule has 1 N–H and O–H groups in total. The van der Waals surface area contributed by atoms with Crippen LogP contribution in [0, 0.1) is 13.8 Å². The number of rotatable bonds is 7. The lowest BCUT2D eigenvalue weighted by Crippen LogP contribution is -2.36. The van der Waals surface area contributed by atoms with Crippen LogP contribution in [0.3, 0.4) is 0 Å². The number of imide groups is 1. The van der Waals surface area contributed by atoms with E-state index in [-0.39, 0.29) is 18.1 Å². The highest BCUT2D eigenvalue weighted by Gasteiger charge is 2.36. The van der Waals surface area contributed by atoms with Gasteiger partial charge in [-0.15, -0.1) is 0 Å². The van der Waals surface area contributed by atoms with Crippen LogP contribution in [-0.2, 0) is 16.2 Å². The van der Waals surface area contributed by atoms with Gasteiger partial charge in [0.2, 0.25) is 5.91 Å². The molecule has 0 aliphatic carbocycles. The number of para-hydroxylation sites is 1. The summed E-state index contributed by atoms with van der Waals surface area (Å²) in [5, 5.41) is 3.37. The third-order valence-corrected chi connectivity index (χ3v) is 7.69. The summed E-state index contributed by atoms with van der Waals surface area (Å²) in [5.74, 6) is -0.370. The van der Waals surface area contributed by atoms with E-state index < -0.39 is 17.1 Å². The summed E-state index contributed by atoms with van der Waals surface area (Å²) in [6, 6.07) is 16.2. The summed E-state index contributed by atoms with van der Waals surface area (Å²) >= 11 is 16.4. The Hall–Kier alpha value is -2.78. The van der Waals surface area contributed by atoms with E-state index in [1.807, 2.05) is 32.0 Å². The lowest BCUT2D eigenvalue weighted by Gasteiger charge is -2.15. The highest BCUT2D eigenvalue weighted by molar-refractivity contribution is 9.10. The molecule has 0 spiro atoms. The van der Waals surface area contributed by atoms with Crippen LogP contribution in [0.2, 0.25) is 10.0 Å². The van der Waals surface area contributed by atoms with Crippen molar-refractivity contribution in [3.8, 4) is 5.75 Å². The fourth-order valence-corrected chi connectivity index (χ4v) is 5.45. The maximum atomic E-state index is 12.9. The number of hydrogen-bond acceptors (Lipinski definition) is 5. The molecule has 10 heteroatoms. The molecule has 1 saturated heterocycles. The fraction of sp³-hybridized carbons (Fsp3) is 0.148. The molecular weight excluding hydrogens is 599 g/mol.